The smallest absolute Gasteiger partial charge is 0.306 e. The number of hydrogen-bond acceptors (Lipinski definition) is 5. The lowest BCUT2D eigenvalue weighted by Crippen LogP contribution is -2.06. The average molecular weight is 342 g/mol. The molecule has 0 saturated heterocycles. The van der Waals surface area contributed by atoms with E-state index in [0.29, 0.717) is 12.1 Å². The summed E-state index contributed by atoms with van der Waals surface area (Å²) in [5.74, 6) is -0.628. The fourth-order valence-corrected chi connectivity index (χ4v) is 2.93. The number of aromatic nitrogens is 2. The van der Waals surface area contributed by atoms with Crippen LogP contribution in [-0.4, -0.2) is 15.9 Å². The Balaban J connectivity index is 1.49. The van der Waals surface area contributed by atoms with Crippen molar-refractivity contribution in [2.75, 3.05) is 0 Å². The summed E-state index contributed by atoms with van der Waals surface area (Å²) in [7, 11) is 0. The Labute approximate surface area is 143 Å². The zero-order chi connectivity index (χ0) is 16.8. The summed E-state index contributed by atoms with van der Waals surface area (Å²) in [6.07, 6.45) is 2.37. The number of hydrogen-bond donors (Lipinski definition) is 0. The molecule has 122 valence electrons. The number of thiazole rings is 1. The van der Waals surface area contributed by atoms with E-state index in [1.807, 2.05) is 23.6 Å². The van der Waals surface area contributed by atoms with Crippen molar-refractivity contribution in [1.82, 2.24) is 9.97 Å². The Kier molecular flexibility index (Phi) is 5.28. The Hall–Kier alpha value is -2.60. The molecule has 0 N–H and O–H groups in total. The predicted octanol–water partition coefficient (Wildman–Crippen LogP) is 4.02. The van der Waals surface area contributed by atoms with E-state index in [-0.39, 0.29) is 24.8 Å². The third kappa shape index (κ3) is 4.45. The molecule has 1 aromatic carbocycles. The SMILES string of the molecule is O=C(CCc1cccc(F)c1)OCc1csc(-c2ccccn2)n1. The molecule has 0 aliphatic carbocycles. The van der Waals surface area contributed by atoms with Crippen LogP contribution in [0, 0.1) is 5.82 Å². The summed E-state index contributed by atoms with van der Waals surface area (Å²) in [5.41, 5.74) is 2.27. The second-order valence-corrected chi connectivity index (χ2v) is 6.01. The first kappa shape index (κ1) is 16.3. The Morgan fingerprint density at radius 1 is 1.21 bits per heavy atom. The number of carbonyl (C=O) groups is 1. The van der Waals surface area contributed by atoms with Crippen LogP contribution in [0.3, 0.4) is 0 Å². The first-order valence-corrected chi connectivity index (χ1v) is 8.34. The Morgan fingerprint density at radius 2 is 2.12 bits per heavy atom. The van der Waals surface area contributed by atoms with E-state index >= 15 is 0 Å². The summed E-state index contributed by atoms with van der Waals surface area (Å²) < 4.78 is 18.3. The van der Waals surface area contributed by atoms with Gasteiger partial charge < -0.3 is 4.74 Å². The van der Waals surface area contributed by atoms with Crippen LogP contribution in [0.15, 0.2) is 54.0 Å². The molecule has 0 fully saturated rings. The molecule has 4 nitrogen and oxygen atoms in total. The van der Waals surface area contributed by atoms with Gasteiger partial charge in [-0.25, -0.2) is 9.37 Å². The van der Waals surface area contributed by atoms with E-state index in [1.54, 1.807) is 18.3 Å². The largest absolute Gasteiger partial charge is 0.459 e. The second kappa shape index (κ2) is 7.79. The van der Waals surface area contributed by atoms with Gasteiger partial charge in [-0.15, -0.1) is 11.3 Å². The minimum absolute atomic E-state index is 0.130. The van der Waals surface area contributed by atoms with Gasteiger partial charge in [-0.3, -0.25) is 9.78 Å². The third-order valence-electron chi connectivity index (χ3n) is 3.32. The van der Waals surface area contributed by atoms with E-state index in [9.17, 15) is 9.18 Å². The summed E-state index contributed by atoms with van der Waals surface area (Å²) >= 11 is 1.46. The summed E-state index contributed by atoms with van der Waals surface area (Å²) in [6.45, 7) is 0.130. The van der Waals surface area contributed by atoms with Crippen molar-refractivity contribution < 1.29 is 13.9 Å². The molecule has 0 bridgehead atoms. The lowest BCUT2D eigenvalue weighted by molar-refractivity contribution is -0.145. The minimum atomic E-state index is -0.327. The van der Waals surface area contributed by atoms with E-state index in [4.69, 9.17) is 4.74 Å². The van der Waals surface area contributed by atoms with E-state index in [0.717, 1.165) is 16.3 Å². The highest BCUT2D eigenvalue weighted by atomic mass is 32.1. The fraction of sp³-hybridized carbons (Fsp3) is 0.167. The van der Waals surface area contributed by atoms with Crippen molar-refractivity contribution in [2.45, 2.75) is 19.4 Å². The molecule has 3 aromatic rings. The molecular weight excluding hydrogens is 327 g/mol. The Morgan fingerprint density at radius 3 is 2.92 bits per heavy atom. The molecule has 6 heteroatoms. The number of pyridine rings is 1. The molecule has 3 rings (SSSR count). The van der Waals surface area contributed by atoms with Crippen LogP contribution >= 0.6 is 11.3 Å². The van der Waals surface area contributed by atoms with Crippen molar-refractivity contribution in [3.8, 4) is 10.7 Å². The molecule has 0 aliphatic rings. The van der Waals surface area contributed by atoms with E-state index in [2.05, 4.69) is 9.97 Å². The average Bonchev–Trinajstić information content (AvgIpc) is 3.08. The number of esters is 1. The number of carbonyl (C=O) groups excluding carboxylic acids is 1. The first-order chi connectivity index (χ1) is 11.7. The highest BCUT2D eigenvalue weighted by Gasteiger charge is 2.09. The molecule has 0 spiro atoms. The number of rotatable bonds is 6. The normalized spacial score (nSPS) is 10.5. The first-order valence-electron chi connectivity index (χ1n) is 7.46. The van der Waals surface area contributed by atoms with Gasteiger partial charge in [0.15, 0.2) is 0 Å². The molecule has 2 aromatic heterocycles. The van der Waals surface area contributed by atoms with Crippen LogP contribution < -0.4 is 0 Å². The number of benzene rings is 1. The van der Waals surface area contributed by atoms with Gasteiger partial charge in [0.1, 0.15) is 17.4 Å². The van der Waals surface area contributed by atoms with Gasteiger partial charge in [0, 0.05) is 18.0 Å². The monoisotopic (exact) mass is 342 g/mol. The fourth-order valence-electron chi connectivity index (χ4n) is 2.15. The van der Waals surface area contributed by atoms with Gasteiger partial charge in [-0.05, 0) is 36.2 Å². The number of aryl methyl sites for hydroxylation is 1. The predicted molar refractivity (Wildman–Crippen MR) is 89.9 cm³/mol. The van der Waals surface area contributed by atoms with Crippen LogP contribution in [0.4, 0.5) is 4.39 Å². The van der Waals surface area contributed by atoms with Crippen LogP contribution in [0.1, 0.15) is 17.7 Å². The van der Waals surface area contributed by atoms with Gasteiger partial charge in [-0.2, -0.15) is 0 Å². The van der Waals surface area contributed by atoms with Gasteiger partial charge in [0.2, 0.25) is 0 Å². The van der Waals surface area contributed by atoms with Gasteiger partial charge >= 0.3 is 5.97 Å². The molecule has 0 atom stereocenters. The van der Waals surface area contributed by atoms with E-state index in [1.165, 1.54) is 23.5 Å². The molecule has 0 amide bonds. The topological polar surface area (TPSA) is 52.1 Å². The third-order valence-corrected chi connectivity index (χ3v) is 4.24. The van der Waals surface area contributed by atoms with Crippen molar-refractivity contribution in [3.05, 3.63) is 71.1 Å². The van der Waals surface area contributed by atoms with E-state index < -0.39 is 0 Å². The summed E-state index contributed by atoms with van der Waals surface area (Å²) in [4.78, 5) is 20.4. The van der Waals surface area contributed by atoms with Gasteiger partial charge in [0.25, 0.3) is 0 Å². The van der Waals surface area contributed by atoms with Crippen molar-refractivity contribution in [3.63, 3.8) is 0 Å². The van der Waals surface area contributed by atoms with Crippen molar-refractivity contribution in [2.24, 2.45) is 0 Å². The quantitative estimate of drug-likeness (QED) is 0.635. The molecular formula is C18H15FN2O2S. The number of ether oxygens (including phenoxy) is 1. The summed E-state index contributed by atoms with van der Waals surface area (Å²) in [6, 6.07) is 11.8. The number of nitrogens with zero attached hydrogens (tertiary/aromatic N) is 2. The zero-order valence-corrected chi connectivity index (χ0v) is 13.6. The highest BCUT2D eigenvalue weighted by Crippen LogP contribution is 2.21. The number of halogens is 1. The molecule has 0 radical (unpaired) electrons. The Bertz CT molecular complexity index is 821. The maximum Gasteiger partial charge on any atom is 0.306 e. The molecule has 24 heavy (non-hydrogen) atoms. The van der Waals surface area contributed by atoms with Crippen LogP contribution in [0.2, 0.25) is 0 Å². The van der Waals surface area contributed by atoms with Crippen LogP contribution in [0.25, 0.3) is 10.7 Å². The van der Waals surface area contributed by atoms with Crippen molar-refractivity contribution in [1.29, 1.82) is 0 Å². The molecule has 0 aliphatic heterocycles. The summed E-state index contributed by atoms with van der Waals surface area (Å²) in [5, 5.41) is 2.64. The maximum absolute atomic E-state index is 13.1. The van der Waals surface area contributed by atoms with Gasteiger partial charge in [0.05, 0.1) is 11.4 Å². The van der Waals surface area contributed by atoms with Crippen molar-refractivity contribution >= 4 is 17.3 Å². The standard InChI is InChI=1S/C18H15FN2O2S/c19-14-5-3-4-13(10-14)7-8-17(22)23-11-15-12-24-18(21-15)16-6-1-2-9-20-16/h1-6,9-10,12H,7-8,11H2. The lowest BCUT2D eigenvalue weighted by Gasteiger charge is -2.03. The van der Waals surface area contributed by atoms with Gasteiger partial charge in [-0.1, -0.05) is 18.2 Å². The molecule has 0 saturated carbocycles. The maximum atomic E-state index is 13.1. The zero-order valence-electron chi connectivity index (χ0n) is 12.8. The lowest BCUT2D eigenvalue weighted by atomic mass is 10.1. The van der Waals surface area contributed by atoms with Crippen LogP contribution in [-0.2, 0) is 22.6 Å². The van der Waals surface area contributed by atoms with Crippen LogP contribution in [0.5, 0.6) is 0 Å². The molecule has 2 heterocycles. The minimum Gasteiger partial charge on any atom is -0.459 e. The highest BCUT2D eigenvalue weighted by molar-refractivity contribution is 7.13. The molecule has 0 unspecified atom stereocenters. The second-order valence-electron chi connectivity index (χ2n) is 5.15.